The quantitative estimate of drug-likeness (QED) is 0.515. The van der Waals surface area contributed by atoms with Crippen molar-refractivity contribution in [3.63, 3.8) is 0 Å². The summed E-state index contributed by atoms with van der Waals surface area (Å²) in [6, 6.07) is 0. The molecule has 11 heavy (non-hydrogen) atoms. The molecule has 3 heteroatoms. The molecule has 2 atom stereocenters. The van der Waals surface area contributed by atoms with Crippen LogP contribution >= 0.6 is 23.2 Å². The summed E-state index contributed by atoms with van der Waals surface area (Å²) in [5.74, 6) is 0.328. The second-order valence-electron chi connectivity index (χ2n) is 2.73. The number of alkyl halides is 2. The molecular formula is C8H16Cl2O. The van der Waals surface area contributed by atoms with Gasteiger partial charge in [-0.25, -0.2) is 0 Å². The molecule has 0 fully saturated rings. The largest absolute Gasteiger partial charge is 0.392 e. The number of aliphatic hydroxyl groups is 1. The van der Waals surface area contributed by atoms with Crippen LogP contribution in [0.2, 0.25) is 0 Å². The van der Waals surface area contributed by atoms with Crippen LogP contribution in [0.4, 0.5) is 0 Å². The highest BCUT2D eigenvalue weighted by Gasteiger charge is 2.13. The van der Waals surface area contributed by atoms with Crippen LogP contribution < -0.4 is 0 Å². The van der Waals surface area contributed by atoms with Gasteiger partial charge in [0.1, 0.15) is 0 Å². The van der Waals surface area contributed by atoms with Crippen LogP contribution in [-0.2, 0) is 0 Å². The molecule has 0 amide bonds. The predicted molar refractivity (Wildman–Crippen MR) is 50.5 cm³/mol. The molecule has 0 aromatic carbocycles. The molecule has 0 saturated heterocycles. The average molecular weight is 199 g/mol. The van der Waals surface area contributed by atoms with E-state index in [4.69, 9.17) is 23.2 Å². The van der Waals surface area contributed by atoms with E-state index in [0.717, 1.165) is 19.3 Å². The first kappa shape index (κ1) is 11.5. The minimum Gasteiger partial charge on any atom is -0.392 e. The van der Waals surface area contributed by atoms with Crippen LogP contribution in [0.5, 0.6) is 0 Å². The first-order chi connectivity index (χ1) is 5.22. The van der Waals surface area contributed by atoms with Gasteiger partial charge in [-0.05, 0) is 6.42 Å². The molecule has 0 bridgehead atoms. The smallest absolute Gasteiger partial charge is 0.0730 e. The topological polar surface area (TPSA) is 20.2 Å². The van der Waals surface area contributed by atoms with E-state index in [0.29, 0.717) is 5.88 Å². The lowest BCUT2D eigenvalue weighted by molar-refractivity contribution is 0.161. The van der Waals surface area contributed by atoms with Gasteiger partial charge in [-0.15, -0.1) is 23.2 Å². The Balaban J connectivity index is 3.28. The fourth-order valence-electron chi connectivity index (χ4n) is 0.887. The van der Waals surface area contributed by atoms with E-state index in [1.807, 2.05) is 0 Å². The molecule has 0 aromatic rings. The molecule has 0 aliphatic carbocycles. The van der Waals surface area contributed by atoms with Gasteiger partial charge in [-0.1, -0.05) is 26.2 Å². The highest BCUT2D eigenvalue weighted by Crippen LogP contribution is 2.12. The second kappa shape index (κ2) is 7.20. The van der Waals surface area contributed by atoms with E-state index < -0.39 is 6.10 Å². The molecule has 68 valence electrons. The van der Waals surface area contributed by atoms with Crippen LogP contribution in [0, 0.1) is 0 Å². The van der Waals surface area contributed by atoms with Crippen molar-refractivity contribution in [2.75, 3.05) is 5.88 Å². The Kier molecular flexibility index (Phi) is 7.56. The van der Waals surface area contributed by atoms with Gasteiger partial charge in [0, 0.05) is 5.88 Å². The third kappa shape index (κ3) is 5.77. The lowest BCUT2D eigenvalue weighted by atomic mass is 10.1. The molecule has 0 spiro atoms. The molecule has 0 rings (SSSR count). The summed E-state index contributed by atoms with van der Waals surface area (Å²) in [4.78, 5) is 0. The Hall–Kier alpha value is 0.540. The van der Waals surface area contributed by atoms with Crippen molar-refractivity contribution < 1.29 is 5.11 Å². The molecule has 0 radical (unpaired) electrons. The highest BCUT2D eigenvalue weighted by molar-refractivity contribution is 6.28. The van der Waals surface area contributed by atoms with Crippen molar-refractivity contribution in [2.24, 2.45) is 0 Å². The maximum absolute atomic E-state index is 9.33. The van der Waals surface area contributed by atoms with Crippen LogP contribution in [0.15, 0.2) is 0 Å². The summed E-state index contributed by atoms with van der Waals surface area (Å²) in [5.41, 5.74) is 0. The average Bonchev–Trinajstić information content (AvgIpc) is 2.03. The molecular weight excluding hydrogens is 183 g/mol. The van der Waals surface area contributed by atoms with Crippen molar-refractivity contribution in [1.29, 1.82) is 0 Å². The molecule has 0 aliphatic rings. The SMILES string of the molecule is CCCCCC(O)C(Cl)CCl. The van der Waals surface area contributed by atoms with Crippen molar-refractivity contribution in [3.05, 3.63) is 0 Å². The van der Waals surface area contributed by atoms with Crippen molar-refractivity contribution in [1.82, 2.24) is 0 Å². The number of halogens is 2. The first-order valence-electron chi connectivity index (χ1n) is 4.10. The van der Waals surface area contributed by atoms with Gasteiger partial charge in [0.15, 0.2) is 0 Å². The Bertz CT molecular complexity index is 88.2. The monoisotopic (exact) mass is 198 g/mol. The summed E-state index contributed by atoms with van der Waals surface area (Å²) < 4.78 is 0. The molecule has 1 nitrogen and oxygen atoms in total. The van der Waals surface area contributed by atoms with Gasteiger partial charge in [-0.2, -0.15) is 0 Å². The Morgan fingerprint density at radius 1 is 1.36 bits per heavy atom. The van der Waals surface area contributed by atoms with E-state index in [1.165, 1.54) is 6.42 Å². The lowest BCUT2D eigenvalue weighted by Crippen LogP contribution is -2.21. The molecule has 0 heterocycles. The molecule has 0 saturated carbocycles. The fraction of sp³-hybridized carbons (Fsp3) is 1.00. The number of rotatable bonds is 6. The van der Waals surface area contributed by atoms with Gasteiger partial charge in [0.05, 0.1) is 11.5 Å². The third-order valence-corrected chi connectivity index (χ3v) is 2.60. The number of hydrogen-bond donors (Lipinski definition) is 1. The van der Waals surface area contributed by atoms with Crippen LogP contribution in [0.1, 0.15) is 32.6 Å². The summed E-state index contributed by atoms with van der Waals surface area (Å²) in [6.45, 7) is 2.13. The molecule has 1 N–H and O–H groups in total. The highest BCUT2D eigenvalue weighted by atomic mass is 35.5. The fourth-order valence-corrected chi connectivity index (χ4v) is 1.22. The van der Waals surface area contributed by atoms with E-state index in [1.54, 1.807) is 0 Å². The molecule has 0 aromatic heterocycles. The van der Waals surface area contributed by atoms with E-state index >= 15 is 0 Å². The second-order valence-corrected chi connectivity index (χ2v) is 3.60. The zero-order valence-corrected chi connectivity index (χ0v) is 8.41. The van der Waals surface area contributed by atoms with E-state index in [2.05, 4.69) is 6.92 Å². The maximum Gasteiger partial charge on any atom is 0.0730 e. The summed E-state index contributed by atoms with van der Waals surface area (Å²) >= 11 is 11.2. The first-order valence-corrected chi connectivity index (χ1v) is 5.07. The minimum absolute atomic E-state index is 0.284. The van der Waals surface area contributed by atoms with Crippen molar-refractivity contribution >= 4 is 23.2 Å². The van der Waals surface area contributed by atoms with Crippen LogP contribution in [0.3, 0.4) is 0 Å². The normalized spacial score (nSPS) is 16.4. The molecule has 2 unspecified atom stereocenters. The Labute approximate surface area is 78.7 Å². The van der Waals surface area contributed by atoms with Gasteiger partial charge >= 0.3 is 0 Å². The summed E-state index contributed by atoms with van der Waals surface area (Å²) in [5, 5.41) is 9.04. The van der Waals surface area contributed by atoms with Crippen molar-refractivity contribution in [3.8, 4) is 0 Å². The van der Waals surface area contributed by atoms with Crippen molar-refractivity contribution in [2.45, 2.75) is 44.1 Å². The molecule has 0 aliphatic heterocycles. The lowest BCUT2D eigenvalue weighted by Gasteiger charge is -2.13. The third-order valence-electron chi connectivity index (χ3n) is 1.67. The van der Waals surface area contributed by atoms with E-state index in [9.17, 15) is 5.11 Å². The van der Waals surface area contributed by atoms with Gasteiger partial charge in [0.25, 0.3) is 0 Å². The summed E-state index contributed by atoms with van der Waals surface area (Å²) in [7, 11) is 0. The predicted octanol–water partition coefficient (Wildman–Crippen LogP) is 2.77. The van der Waals surface area contributed by atoms with Crippen LogP contribution in [0.25, 0.3) is 0 Å². The Morgan fingerprint density at radius 3 is 2.45 bits per heavy atom. The zero-order valence-electron chi connectivity index (χ0n) is 6.89. The summed E-state index contributed by atoms with van der Waals surface area (Å²) in [6.07, 6.45) is 3.71. The maximum atomic E-state index is 9.33. The number of aliphatic hydroxyl groups excluding tert-OH is 1. The zero-order chi connectivity index (χ0) is 8.69. The number of unbranched alkanes of at least 4 members (excludes halogenated alkanes) is 2. The number of hydrogen-bond acceptors (Lipinski definition) is 1. The minimum atomic E-state index is -0.430. The standard InChI is InChI=1S/C8H16Cl2O/c1-2-3-4-5-8(11)7(10)6-9/h7-8,11H,2-6H2,1H3. The van der Waals surface area contributed by atoms with Crippen LogP contribution in [-0.4, -0.2) is 22.5 Å². The van der Waals surface area contributed by atoms with Gasteiger partial charge < -0.3 is 5.11 Å². The Morgan fingerprint density at radius 2 is 2.00 bits per heavy atom. The van der Waals surface area contributed by atoms with Gasteiger partial charge in [-0.3, -0.25) is 0 Å². The van der Waals surface area contributed by atoms with Gasteiger partial charge in [0.2, 0.25) is 0 Å². The van der Waals surface area contributed by atoms with E-state index in [-0.39, 0.29) is 5.38 Å².